The largest absolute Gasteiger partial charge is 0.496 e. The highest BCUT2D eigenvalue weighted by Crippen LogP contribution is 2.31. The summed E-state index contributed by atoms with van der Waals surface area (Å²) in [7, 11) is 1.61. The number of ether oxygens (including phenoxy) is 1. The molecular formula is C11H9ClN2OS. The molecule has 0 aliphatic carbocycles. The predicted molar refractivity (Wildman–Crippen MR) is 66.4 cm³/mol. The Morgan fingerprint density at radius 1 is 1.38 bits per heavy atom. The first-order valence-electron chi connectivity index (χ1n) is 4.59. The van der Waals surface area contributed by atoms with Gasteiger partial charge in [0.2, 0.25) is 0 Å². The van der Waals surface area contributed by atoms with Gasteiger partial charge >= 0.3 is 0 Å². The van der Waals surface area contributed by atoms with Crippen molar-refractivity contribution in [2.24, 2.45) is 0 Å². The van der Waals surface area contributed by atoms with Crippen molar-refractivity contribution in [3.8, 4) is 16.9 Å². The number of benzene rings is 1. The Hall–Kier alpha value is -1.39. The van der Waals surface area contributed by atoms with Gasteiger partial charge < -0.3 is 4.74 Å². The smallest absolute Gasteiger partial charge is 0.126 e. The summed E-state index contributed by atoms with van der Waals surface area (Å²) in [5, 5.41) is 7.27. The third kappa shape index (κ3) is 2.23. The molecule has 1 N–H and O–H groups in total. The molecule has 0 atom stereocenters. The van der Waals surface area contributed by atoms with Gasteiger partial charge in [0.25, 0.3) is 0 Å². The lowest BCUT2D eigenvalue weighted by Gasteiger charge is -2.08. The fraction of sp³-hybridized carbons (Fsp3) is 0.0909. The van der Waals surface area contributed by atoms with Crippen LogP contribution in [0, 0.1) is 4.64 Å². The van der Waals surface area contributed by atoms with Crippen molar-refractivity contribution in [3.63, 3.8) is 0 Å². The Morgan fingerprint density at radius 2 is 2.19 bits per heavy atom. The summed E-state index contributed by atoms with van der Waals surface area (Å²) in [6.07, 6.45) is 1.68. The minimum absolute atomic E-state index is 0.569. The van der Waals surface area contributed by atoms with Crippen LogP contribution in [0.5, 0.6) is 5.75 Å². The first-order valence-corrected chi connectivity index (χ1v) is 5.38. The van der Waals surface area contributed by atoms with Crippen LogP contribution in [0.4, 0.5) is 0 Å². The predicted octanol–water partition coefficient (Wildman–Crippen LogP) is 3.47. The second-order valence-electron chi connectivity index (χ2n) is 3.18. The maximum atomic E-state index is 5.95. The molecule has 0 bridgehead atoms. The number of aromatic nitrogens is 2. The van der Waals surface area contributed by atoms with E-state index in [1.165, 1.54) is 0 Å². The van der Waals surface area contributed by atoms with E-state index in [1.807, 2.05) is 18.2 Å². The van der Waals surface area contributed by atoms with Crippen molar-refractivity contribution in [1.29, 1.82) is 0 Å². The second-order valence-corrected chi connectivity index (χ2v) is 4.05. The number of hydrogen-bond acceptors (Lipinski definition) is 3. The highest BCUT2D eigenvalue weighted by molar-refractivity contribution is 7.71. The second kappa shape index (κ2) is 4.63. The third-order valence-corrected chi connectivity index (χ3v) is 2.58. The van der Waals surface area contributed by atoms with Crippen LogP contribution < -0.4 is 4.74 Å². The topological polar surface area (TPSA) is 37.9 Å². The van der Waals surface area contributed by atoms with E-state index in [9.17, 15) is 0 Å². The Bertz CT molecular complexity index is 568. The average Bonchev–Trinajstić information content (AvgIpc) is 2.29. The van der Waals surface area contributed by atoms with Gasteiger partial charge in [-0.05, 0) is 24.3 Å². The summed E-state index contributed by atoms with van der Waals surface area (Å²) in [5.74, 6) is 0.742. The van der Waals surface area contributed by atoms with E-state index in [0.717, 1.165) is 16.9 Å². The highest BCUT2D eigenvalue weighted by atomic mass is 35.5. The summed E-state index contributed by atoms with van der Waals surface area (Å²) < 4.78 is 5.83. The molecule has 0 fully saturated rings. The van der Waals surface area contributed by atoms with E-state index >= 15 is 0 Å². The van der Waals surface area contributed by atoms with E-state index in [2.05, 4.69) is 10.2 Å². The number of methoxy groups -OCH3 is 1. The minimum Gasteiger partial charge on any atom is -0.496 e. The molecule has 0 aliphatic heterocycles. The number of H-pyrrole nitrogens is 1. The summed E-state index contributed by atoms with van der Waals surface area (Å²) in [6, 6.07) is 7.24. The van der Waals surface area contributed by atoms with Gasteiger partial charge in [-0.1, -0.05) is 23.8 Å². The van der Waals surface area contributed by atoms with Crippen molar-refractivity contribution in [1.82, 2.24) is 10.2 Å². The summed E-state index contributed by atoms with van der Waals surface area (Å²) in [5.41, 5.74) is 1.76. The Labute approximate surface area is 103 Å². The molecule has 2 aromatic rings. The molecule has 2 rings (SSSR count). The molecule has 1 aromatic heterocycles. The summed E-state index contributed by atoms with van der Waals surface area (Å²) in [6.45, 7) is 0. The zero-order valence-corrected chi connectivity index (χ0v) is 10.1. The van der Waals surface area contributed by atoms with Crippen LogP contribution in [0.2, 0.25) is 5.02 Å². The summed E-state index contributed by atoms with van der Waals surface area (Å²) >= 11 is 11.0. The molecule has 0 unspecified atom stereocenters. The van der Waals surface area contributed by atoms with Gasteiger partial charge in [-0.15, -0.1) is 0 Å². The van der Waals surface area contributed by atoms with E-state index in [1.54, 1.807) is 19.4 Å². The van der Waals surface area contributed by atoms with Gasteiger partial charge in [-0.3, -0.25) is 5.10 Å². The molecule has 1 aromatic carbocycles. The molecule has 5 heteroatoms. The number of halogens is 1. The highest BCUT2D eigenvalue weighted by Gasteiger charge is 2.06. The van der Waals surface area contributed by atoms with Crippen LogP contribution >= 0.6 is 23.8 Å². The molecule has 0 saturated carbocycles. The van der Waals surface area contributed by atoms with Gasteiger partial charge in [0.15, 0.2) is 0 Å². The molecule has 3 nitrogen and oxygen atoms in total. The molecule has 82 valence electrons. The first-order chi connectivity index (χ1) is 7.70. The van der Waals surface area contributed by atoms with Crippen molar-refractivity contribution >= 4 is 23.8 Å². The molecule has 0 spiro atoms. The molecule has 0 aliphatic rings. The van der Waals surface area contributed by atoms with Crippen LogP contribution in [-0.4, -0.2) is 17.3 Å². The van der Waals surface area contributed by atoms with Gasteiger partial charge in [0, 0.05) is 16.1 Å². The fourth-order valence-corrected chi connectivity index (χ4v) is 1.78. The third-order valence-electron chi connectivity index (χ3n) is 2.14. The maximum absolute atomic E-state index is 5.95. The number of aromatic amines is 1. The van der Waals surface area contributed by atoms with Crippen LogP contribution in [0.15, 0.2) is 30.5 Å². The van der Waals surface area contributed by atoms with E-state index in [-0.39, 0.29) is 0 Å². The molecule has 0 radical (unpaired) electrons. The number of hydrogen-bond donors (Lipinski definition) is 1. The lowest BCUT2D eigenvalue weighted by Crippen LogP contribution is -1.89. The van der Waals surface area contributed by atoms with Crippen molar-refractivity contribution in [2.45, 2.75) is 0 Å². The minimum atomic E-state index is 0.569. The molecular weight excluding hydrogens is 244 g/mol. The normalized spacial score (nSPS) is 10.1. The molecule has 0 saturated heterocycles. The van der Waals surface area contributed by atoms with Crippen molar-refractivity contribution < 1.29 is 4.74 Å². The fourth-order valence-electron chi connectivity index (χ4n) is 1.43. The number of nitrogens with one attached hydrogen (secondary N) is 1. The van der Waals surface area contributed by atoms with E-state index in [4.69, 9.17) is 28.6 Å². The average molecular weight is 253 g/mol. The first kappa shape index (κ1) is 11.1. The van der Waals surface area contributed by atoms with Crippen molar-refractivity contribution in [3.05, 3.63) is 40.1 Å². The van der Waals surface area contributed by atoms with Crippen LogP contribution in [0.1, 0.15) is 0 Å². The Balaban J connectivity index is 2.62. The zero-order valence-electron chi connectivity index (χ0n) is 8.53. The van der Waals surface area contributed by atoms with Gasteiger partial charge in [-0.2, -0.15) is 5.10 Å². The van der Waals surface area contributed by atoms with E-state index < -0.39 is 0 Å². The van der Waals surface area contributed by atoms with Crippen molar-refractivity contribution in [2.75, 3.05) is 7.11 Å². The Kier molecular flexibility index (Phi) is 3.22. The SMILES string of the molecule is COc1ccc(Cl)cc1-c1cn[nH]c(=S)c1. The van der Waals surface area contributed by atoms with Crippen LogP contribution in [0.3, 0.4) is 0 Å². The molecule has 1 heterocycles. The number of rotatable bonds is 2. The summed E-state index contributed by atoms with van der Waals surface area (Å²) in [4.78, 5) is 0. The number of nitrogens with zero attached hydrogens (tertiary/aromatic N) is 1. The Morgan fingerprint density at radius 3 is 2.88 bits per heavy atom. The zero-order chi connectivity index (χ0) is 11.5. The van der Waals surface area contributed by atoms with Crippen LogP contribution in [0.25, 0.3) is 11.1 Å². The van der Waals surface area contributed by atoms with Gasteiger partial charge in [-0.25, -0.2) is 0 Å². The van der Waals surface area contributed by atoms with E-state index in [0.29, 0.717) is 9.66 Å². The maximum Gasteiger partial charge on any atom is 0.126 e. The quantitative estimate of drug-likeness (QED) is 0.832. The molecule has 0 amide bonds. The molecule has 16 heavy (non-hydrogen) atoms. The van der Waals surface area contributed by atoms with Gasteiger partial charge in [0.05, 0.1) is 13.3 Å². The monoisotopic (exact) mass is 252 g/mol. The lowest BCUT2D eigenvalue weighted by molar-refractivity contribution is 0.416. The van der Waals surface area contributed by atoms with Gasteiger partial charge in [0.1, 0.15) is 10.4 Å². The lowest BCUT2D eigenvalue weighted by atomic mass is 10.1. The standard InChI is InChI=1S/C11H9ClN2OS/c1-15-10-3-2-8(12)5-9(10)7-4-11(16)14-13-6-7/h2-6H,1H3,(H,14,16). The van der Waals surface area contributed by atoms with Crippen LogP contribution in [-0.2, 0) is 0 Å².